The van der Waals surface area contributed by atoms with E-state index in [1.807, 2.05) is 36.4 Å². The summed E-state index contributed by atoms with van der Waals surface area (Å²) in [5.41, 5.74) is 8.08. The van der Waals surface area contributed by atoms with E-state index in [4.69, 9.17) is 22.1 Å². The molecule has 2 rings (SSSR count). The summed E-state index contributed by atoms with van der Waals surface area (Å²) in [6, 6.07) is 15.7. The highest BCUT2D eigenvalue weighted by molar-refractivity contribution is 6.30. The highest BCUT2D eigenvalue weighted by Crippen LogP contribution is 2.23. The average Bonchev–Trinajstić information content (AvgIpc) is 2.45. The van der Waals surface area contributed by atoms with Crippen LogP contribution in [0.25, 0.3) is 0 Å². The zero-order valence-electron chi connectivity index (χ0n) is 11.0. The summed E-state index contributed by atoms with van der Waals surface area (Å²) in [6.07, 6.45) is 0.848. The smallest absolute Gasteiger partial charge is 0.136 e. The van der Waals surface area contributed by atoms with Crippen LogP contribution in [-0.2, 0) is 6.42 Å². The summed E-state index contributed by atoms with van der Waals surface area (Å²) in [6.45, 7) is 2.54. The van der Waals surface area contributed by atoms with Crippen molar-refractivity contribution in [1.29, 1.82) is 0 Å². The molecular formula is C16H18ClNO. The number of benzene rings is 2. The maximum absolute atomic E-state index is 5.99. The van der Waals surface area contributed by atoms with Crippen LogP contribution < -0.4 is 10.5 Å². The average molecular weight is 276 g/mol. The van der Waals surface area contributed by atoms with Crippen molar-refractivity contribution in [2.75, 3.05) is 6.54 Å². The molecule has 1 unspecified atom stereocenters. The van der Waals surface area contributed by atoms with E-state index in [0.29, 0.717) is 11.6 Å². The molecule has 2 aromatic rings. The van der Waals surface area contributed by atoms with E-state index >= 15 is 0 Å². The van der Waals surface area contributed by atoms with Crippen molar-refractivity contribution in [1.82, 2.24) is 0 Å². The molecule has 0 aliphatic rings. The number of hydrogen-bond acceptors (Lipinski definition) is 2. The molecule has 0 aliphatic carbocycles. The van der Waals surface area contributed by atoms with E-state index in [9.17, 15) is 0 Å². The van der Waals surface area contributed by atoms with E-state index in [-0.39, 0.29) is 6.10 Å². The van der Waals surface area contributed by atoms with E-state index in [1.54, 1.807) is 0 Å². The Hall–Kier alpha value is -1.51. The van der Waals surface area contributed by atoms with Gasteiger partial charge in [-0.05, 0) is 41.8 Å². The lowest BCUT2D eigenvalue weighted by atomic mass is 10.1. The van der Waals surface area contributed by atoms with Crippen LogP contribution in [0.5, 0.6) is 5.75 Å². The number of nitrogens with two attached hydrogens (primary N) is 1. The fraction of sp³-hybridized carbons (Fsp3) is 0.250. The lowest BCUT2D eigenvalue weighted by Crippen LogP contribution is -2.18. The fourth-order valence-corrected chi connectivity index (χ4v) is 2.13. The molecule has 0 fully saturated rings. The van der Waals surface area contributed by atoms with Gasteiger partial charge < -0.3 is 10.5 Å². The van der Waals surface area contributed by atoms with Crippen LogP contribution >= 0.6 is 11.6 Å². The molecule has 2 N–H and O–H groups in total. The Balaban J connectivity index is 2.14. The van der Waals surface area contributed by atoms with Crippen LogP contribution in [0.3, 0.4) is 0 Å². The van der Waals surface area contributed by atoms with Gasteiger partial charge in [-0.3, -0.25) is 0 Å². The zero-order chi connectivity index (χ0) is 13.7. The van der Waals surface area contributed by atoms with Gasteiger partial charge in [-0.15, -0.1) is 0 Å². The largest absolute Gasteiger partial charge is 0.484 e. The summed E-state index contributed by atoms with van der Waals surface area (Å²) < 4.78 is 5.92. The van der Waals surface area contributed by atoms with Crippen LogP contribution in [-0.4, -0.2) is 6.54 Å². The van der Waals surface area contributed by atoms with Crippen LogP contribution in [0.2, 0.25) is 5.02 Å². The standard InChI is InChI=1S/C16H18ClNO/c1-2-12-6-8-15(9-7-12)19-16(11-18)13-4-3-5-14(17)10-13/h3-10,16H,2,11,18H2,1H3. The van der Waals surface area contributed by atoms with Gasteiger partial charge in [-0.1, -0.05) is 42.8 Å². The minimum absolute atomic E-state index is 0.175. The van der Waals surface area contributed by atoms with Crippen molar-refractivity contribution in [2.24, 2.45) is 5.73 Å². The summed E-state index contributed by atoms with van der Waals surface area (Å²) in [4.78, 5) is 0. The number of ether oxygens (including phenoxy) is 1. The quantitative estimate of drug-likeness (QED) is 0.896. The van der Waals surface area contributed by atoms with E-state index in [2.05, 4.69) is 19.1 Å². The third-order valence-electron chi connectivity index (χ3n) is 3.04. The van der Waals surface area contributed by atoms with Crippen molar-refractivity contribution in [3.05, 3.63) is 64.7 Å². The second-order valence-corrected chi connectivity index (χ2v) is 4.83. The predicted molar refractivity (Wildman–Crippen MR) is 79.7 cm³/mol. The Morgan fingerprint density at radius 3 is 2.47 bits per heavy atom. The molecule has 2 nitrogen and oxygen atoms in total. The topological polar surface area (TPSA) is 35.2 Å². The van der Waals surface area contributed by atoms with Crippen LogP contribution in [0.15, 0.2) is 48.5 Å². The number of halogens is 1. The molecular weight excluding hydrogens is 258 g/mol. The number of aryl methyl sites for hydroxylation is 1. The zero-order valence-corrected chi connectivity index (χ0v) is 11.7. The molecule has 100 valence electrons. The molecule has 0 spiro atoms. The molecule has 0 saturated heterocycles. The van der Waals surface area contributed by atoms with Gasteiger partial charge in [0.15, 0.2) is 0 Å². The first-order valence-corrected chi connectivity index (χ1v) is 6.82. The molecule has 0 bridgehead atoms. The van der Waals surface area contributed by atoms with Crippen LogP contribution in [0.4, 0.5) is 0 Å². The highest BCUT2D eigenvalue weighted by atomic mass is 35.5. The Bertz CT molecular complexity index is 525. The normalized spacial score (nSPS) is 12.2. The Labute approximate surface area is 119 Å². The first-order valence-electron chi connectivity index (χ1n) is 6.44. The Morgan fingerprint density at radius 1 is 1.16 bits per heavy atom. The second-order valence-electron chi connectivity index (χ2n) is 4.39. The van der Waals surface area contributed by atoms with Gasteiger partial charge in [0.2, 0.25) is 0 Å². The number of rotatable bonds is 5. The fourth-order valence-electron chi connectivity index (χ4n) is 1.93. The summed E-state index contributed by atoms with van der Waals surface area (Å²) in [5.74, 6) is 0.827. The summed E-state index contributed by atoms with van der Waals surface area (Å²) in [7, 11) is 0. The van der Waals surface area contributed by atoms with Gasteiger partial charge in [0.25, 0.3) is 0 Å². The maximum atomic E-state index is 5.99. The lowest BCUT2D eigenvalue weighted by Gasteiger charge is -2.18. The van der Waals surface area contributed by atoms with Crippen molar-refractivity contribution in [2.45, 2.75) is 19.4 Å². The molecule has 0 radical (unpaired) electrons. The van der Waals surface area contributed by atoms with Crippen molar-refractivity contribution < 1.29 is 4.74 Å². The number of hydrogen-bond donors (Lipinski definition) is 1. The van der Waals surface area contributed by atoms with Gasteiger partial charge in [-0.25, -0.2) is 0 Å². The van der Waals surface area contributed by atoms with Crippen LogP contribution in [0, 0.1) is 0 Å². The van der Waals surface area contributed by atoms with Crippen molar-refractivity contribution in [3.8, 4) is 5.75 Å². The third-order valence-corrected chi connectivity index (χ3v) is 3.28. The molecule has 1 atom stereocenters. The Kier molecular flexibility index (Phi) is 4.83. The molecule has 2 aromatic carbocycles. The third kappa shape index (κ3) is 3.72. The van der Waals surface area contributed by atoms with Gasteiger partial charge in [0.05, 0.1) is 0 Å². The first kappa shape index (κ1) is 13.9. The maximum Gasteiger partial charge on any atom is 0.136 e. The first-order chi connectivity index (χ1) is 9.22. The second kappa shape index (κ2) is 6.60. The van der Waals surface area contributed by atoms with Gasteiger partial charge >= 0.3 is 0 Å². The van der Waals surface area contributed by atoms with Gasteiger partial charge in [0.1, 0.15) is 11.9 Å². The van der Waals surface area contributed by atoms with Gasteiger partial charge in [-0.2, -0.15) is 0 Å². The SMILES string of the molecule is CCc1ccc(OC(CN)c2cccc(Cl)c2)cc1. The molecule has 19 heavy (non-hydrogen) atoms. The summed E-state index contributed by atoms with van der Waals surface area (Å²) >= 11 is 5.99. The predicted octanol–water partition coefficient (Wildman–Crippen LogP) is 3.98. The van der Waals surface area contributed by atoms with Crippen molar-refractivity contribution in [3.63, 3.8) is 0 Å². The molecule has 0 aliphatic heterocycles. The molecule has 3 heteroatoms. The van der Waals surface area contributed by atoms with E-state index in [0.717, 1.165) is 17.7 Å². The molecule has 0 saturated carbocycles. The van der Waals surface area contributed by atoms with Crippen molar-refractivity contribution >= 4 is 11.6 Å². The van der Waals surface area contributed by atoms with E-state index < -0.39 is 0 Å². The van der Waals surface area contributed by atoms with Gasteiger partial charge in [0, 0.05) is 11.6 Å². The van der Waals surface area contributed by atoms with Crippen LogP contribution in [0.1, 0.15) is 24.2 Å². The summed E-state index contributed by atoms with van der Waals surface area (Å²) in [5, 5.41) is 0.695. The highest BCUT2D eigenvalue weighted by Gasteiger charge is 2.11. The molecule has 0 heterocycles. The Morgan fingerprint density at radius 2 is 1.89 bits per heavy atom. The minimum Gasteiger partial charge on any atom is -0.484 e. The minimum atomic E-state index is -0.175. The monoisotopic (exact) mass is 275 g/mol. The molecule has 0 amide bonds. The molecule has 0 aromatic heterocycles. The van der Waals surface area contributed by atoms with E-state index in [1.165, 1.54) is 5.56 Å². The lowest BCUT2D eigenvalue weighted by molar-refractivity contribution is 0.214.